The van der Waals surface area contributed by atoms with Crippen molar-refractivity contribution in [1.82, 2.24) is 4.90 Å². The normalized spacial score (nSPS) is 13.8. The van der Waals surface area contributed by atoms with Crippen LogP contribution in [0.25, 0.3) is 0 Å². The molecule has 0 radical (unpaired) electrons. The van der Waals surface area contributed by atoms with E-state index in [2.05, 4.69) is 0 Å². The zero-order valence-corrected chi connectivity index (χ0v) is 16.0. The predicted octanol–water partition coefficient (Wildman–Crippen LogP) is 3.97. The van der Waals surface area contributed by atoms with Crippen molar-refractivity contribution in [2.45, 2.75) is 13.0 Å². The zero-order valence-electron chi connectivity index (χ0n) is 16.0. The summed E-state index contributed by atoms with van der Waals surface area (Å²) < 4.78 is 0. The molecule has 0 bridgehead atoms. The summed E-state index contributed by atoms with van der Waals surface area (Å²) in [6.45, 7) is 1.78. The highest BCUT2D eigenvalue weighted by Gasteiger charge is 2.39. The Morgan fingerprint density at radius 2 is 1.33 bits per heavy atom. The van der Waals surface area contributed by atoms with Gasteiger partial charge in [0.05, 0.1) is 22.7 Å². The van der Waals surface area contributed by atoms with E-state index in [0.717, 1.165) is 5.56 Å². The maximum atomic E-state index is 13.0. The number of carboxylic acids is 1. The minimum Gasteiger partial charge on any atom is -0.478 e. The summed E-state index contributed by atoms with van der Waals surface area (Å²) in [5.74, 6) is -2.27. The fourth-order valence-corrected chi connectivity index (χ4v) is 3.56. The summed E-state index contributed by atoms with van der Waals surface area (Å²) in [6, 6.07) is 18.8. The van der Waals surface area contributed by atoms with E-state index < -0.39 is 23.8 Å². The first kappa shape index (κ1) is 19.3. The first-order valence-corrected chi connectivity index (χ1v) is 9.33. The van der Waals surface area contributed by atoms with Crippen molar-refractivity contribution in [3.05, 3.63) is 106 Å². The van der Waals surface area contributed by atoms with Gasteiger partial charge >= 0.3 is 5.97 Å². The largest absolute Gasteiger partial charge is 0.478 e. The van der Waals surface area contributed by atoms with E-state index in [4.69, 9.17) is 5.11 Å². The van der Waals surface area contributed by atoms with E-state index in [1.54, 1.807) is 6.92 Å². The summed E-state index contributed by atoms with van der Waals surface area (Å²) in [5.41, 5.74) is 1.92. The standard InChI is InChI=1S/C24H17NO5/c1-14(15-5-3-2-4-6-15)25-22(27)19-12-11-18(13-20(19)23(25)28)21(26)16-7-9-17(10-8-16)24(29)30/h2-14H,1H3,(H,29,30)/t14-/m0/s1. The molecule has 0 spiro atoms. The molecular formula is C24H17NO5. The monoisotopic (exact) mass is 399 g/mol. The van der Waals surface area contributed by atoms with Gasteiger partial charge in [0.25, 0.3) is 11.8 Å². The van der Waals surface area contributed by atoms with Crippen LogP contribution in [0.15, 0.2) is 72.8 Å². The molecule has 0 saturated heterocycles. The van der Waals surface area contributed by atoms with Crippen molar-refractivity contribution < 1.29 is 24.3 Å². The first-order chi connectivity index (χ1) is 14.4. The number of aromatic carboxylic acids is 1. The average molecular weight is 399 g/mol. The number of hydrogen-bond donors (Lipinski definition) is 1. The van der Waals surface area contributed by atoms with Crippen LogP contribution >= 0.6 is 0 Å². The van der Waals surface area contributed by atoms with Crippen LogP contribution < -0.4 is 0 Å². The van der Waals surface area contributed by atoms with E-state index in [9.17, 15) is 19.2 Å². The van der Waals surface area contributed by atoms with Gasteiger partial charge in [-0.3, -0.25) is 19.3 Å². The molecule has 1 aliphatic heterocycles. The van der Waals surface area contributed by atoms with Gasteiger partial charge in [-0.1, -0.05) is 48.5 Å². The molecule has 0 saturated carbocycles. The number of fused-ring (bicyclic) bond motifs is 1. The molecular weight excluding hydrogens is 382 g/mol. The molecule has 4 rings (SSSR count). The highest BCUT2D eigenvalue weighted by molar-refractivity contribution is 6.22. The Kier molecular flexibility index (Phi) is 4.75. The van der Waals surface area contributed by atoms with Gasteiger partial charge in [0.15, 0.2) is 5.78 Å². The Balaban J connectivity index is 1.65. The van der Waals surface area contributed by atoms with Crippen LogP contribution in [0.1, 0.15) is 65.5 Å². The fourth-order valence-electron chi connectivity index (χ4n) is 3.56. The topological polar surface area (TPSA) is 91.8 Å². The van der Waals surface area contributed by atoms with Gasteiger partial charge in [-0.2, -0.15) is 0 Å². The number of ketones is 1. The number of carboxylic acid groups (broad SMARTS) is 1. The number of carbonyl (C=O) groups excluding carboxylic acids is 3. The van der Waals surface area contributed by atoms with Crippen LogP contribution in [0, 0.1) is 0 Å². The molecule has 0 aromatic heterocycles. The lowest BCUT2D eigenvalue weighted by molar-refractivity contribution is 0.0593. The lowest BCUT2D eigenvalue weighted by Crippen LogP contribution is -2.32. The molecule has 1 N–H and O–H groups in total. The highest BCUT2D eigenvalue weighted by atomic mass is 16.4. The number of amides is 2. The van der Waals surface area contributed by atoms with Crippen molar-refractivity contribution in [3.8, 4) is 0 Å². The molecule has 0 aliphatic carbocycles. The number of benzene rings is 3. The Morgan fingerprint density at radius 3 is 1.97 bits per heavy atom. The van der Waals surface area contributed by atoms with Crippen molar-refractivity contribution in [3.63, 3.8) is 0 Å². The number of rotatable bonds is 5. The molecule has 6 nitrogen and oxygen atoms in total. The maximum absolute atomic E-state index is 13.0. The second-order valence-corrected chi connectivity index (χ2v) is 7.04. The smallest absolute Gasteiger partial charge is 0.335 e. The van der Waals surface area contributed by atoms with E-state index in [0.29, 0.717) is 5.56 Å². The van der Waals surface area contributed by atoms with Gasteiger partial charge in [0, 0.05) is 11.1 Å². The molecule has 6 heteroatoms. The third kappa shape index (κ3) is 3.18. The summed E-state index contributed by atoms with van der Waals surface area (Å²) in [4.78, 5) is 50.8. The lowest BCUT2D eigenvalue weighted by atomic mass is 9.98. The van der Waals surface area contributed by atoms with Crippen LogP contribution in [0.5, 0.6) is 0 Å². The minimum atomic E-state index is -1.08. The zero-order chi connectivity index (χ0) is 21.4. The molecule has 1 atom stereocenters. The van der Waals surface area contributed by atoms with Gasteiger partial charge in [0.1, 0.15) is 0 Å². The maximum Gasteiger partial charge on any atom is 0.335 e. The molecule has 1 heterocycles. The molecule has 2 amide bonds. The highest BCUT2D eigenvalue weighted by Crippen LogP contribution is 2.32. The molecule has 148 valence electrons. The Hall–Kier alpha value is -4.06. The summed E-state index contributed by atoms with van der Waals surface area (Å²) in [7, 11) is 0. The van der Waals surface area contributed by atoms with Crippen molar-refractivity contribution >= 4 is 23.6 Å². The molecule has 3 aromatic carbocycles. The summed E-state index contributed by atoms with van der Waals surface area (Å²) in [6.07, 6.45) is 0. The minimum absolute atomic E-state index is 0.0758. The Bertz CT molecular complexity index is 1180. The average Bonchev–Trinajstić information content (AvgIpc) is 3.03. The van der Waals surface area contributed by atoms with Gasteiger partial charge in [-0.05, 0) is 36.8 Å². The predicted molar refractivity (Wildman–Crippen MR) is 109 cm³/mol. The first-order valence-electron chi connectivity index (χ1n) is 9.33. The Morgan fingerprint density at radius 1 is 0.767 bits per heavy atom. The SMILES string of the molecule is C[C@@H](c1ccccc1)N1C(=O)c2ccc(C(=O)c3ccc(C(=O)O)cc3)cc2C1=O. The third-order valence-corrected chi connectivity index (χ3v) is 5.24. The Labute approximate surface area is 172 Å². The van der Waals surface area contributed by atoms with E-state index in [1.807, 2.05) is 30.3 Å². The second-order valence-electron chi connectivity index (χ2n) is 7.04. The number of carbonyl (C=O) groups is 4. The number of nitrogens with zero attached hydrogens (tertiary/aromatic N) is 1. The van der Waals surface area contributed by atoms with Gasteiger partial charge in [-0.25, -0.2) is 4.79 Å². The fraction of sp³-hybridized carbons (Fsp3) is 0.0833. The molecule has 0 fully saturated rings. The molecule has 0 unspecified atom stereocenters. The van der Waals surface area contributed by atoms with Crippen molar-refractivity contribution in [2.75, 3.05) is 0 Å². The van der Waals surface area contributed by atoms with Crippen LogP contribution in [-0.4, -0.2) is 33.6 Å². The quantitative estimate of drug-likeness (QED) is 0.518. The molecule has 1 aliphatic rings. The number of hydrogen-bond acceptors (Lipinski definition) is 4. The van der Waals surface area contributed by atoms with E-state index in [-0.39, 0.29) is 28.0 Å². The summed E-state index contributed by atoms with van der Waals surface area (Å²) >= 11 is 0. The molecule has 3 aromatic rings. The van der Waals surface area contributed by atoms with Gasteiger partial charge < -0.3 is 5.11 Å². The van der Waals surface area contributed by atoms with Crippen LogP contribution in [0.3, 0.4) is 0 Å². The van der Waals surface area contributed by atoms with Crippen molar-refractivity contribution in [1.29, 1.82) is 0 Å². The summed E-state index contributed by atoms with van der Waals surface area (Å²) in [5, 5.41) is 8.98. The second kappa shape index (κ2) is 7.40. The number of imide groups is 1. The van der Waals surface area contributed by atoms with Crippen LogP contribution in [0.4, 0.5) is 0 Å². The van der Waals surface area contributed by atoms with E-state index in [1.165, 1.54) is 47.4 Å². The van der Waals surface area contributed by atoms with E-state index >= 15 is 0 Å². The van der Waals surface area contributed by atoms with Crippen LogP contribution in [-0.2, 0) is 0 Å². The van der Waals surface area contributed by atoms with Crippen molar-refractivity contribution in [2.24, 2.45) is 0 Å². The molecule has 30 heavy (non-hydrogen) atoms. The lowest BCUT2D eigenvalue weighted by Gasteiger charge is -2.22. The van der Waals surface area contributed by atoms with Gasteiger partial charge in [-0.15, -0.1) is 0 Å². The van der Waals surface area contributed by atoms with Gasteiger partial charge in [0.2, 0.25) is 0 Å². The third-order valence-electron chi connectivity index (χ3n) is 5.24. The van der Waals surface area contributed by atoms with Crippen LogP contribution in [0.2, 0.25) is 0 Å².